The summed E-state index contributed by atoms with van der Waals surface area (Å²) >= 11 is 0. The van der Waals surface area contributed by atoms with Crippen LogP contribution in [0.25, 0.3) is 0 Å². The maximum absolute atomic E-state index is 11.6. The first-order valence-corrected chi connectivity index (χ1v) is 6.91. The number of non-ortho nitro benzene ring substituents is 1. The number of hydrogen-bond donors (Lipinski definition) is 3. The molecule has 0 fully saturated rings. The molecule has 1 atom stereocenters. The van der Waals surface area contributed by atoms with Crippen LogP contribution in [0.15, 0.2) is 24.3 Å². The van der Waals surface area contributed by atoms with Gasteiger partial charge in [0.2, 0.25) is 0 Å². The normalized spacial score (nSPS) is 11.3. The van der Waals surface area contributed by atoms with Gasteiger partial charge in [-0.25, -0.2) is 9.59 Å². The van der Waals surface area contributed by atoms with Gasteiger partial charge in [-0.1, -0.05) is 0 Å². The van der Waals surface area contributed by atoms with E-state index in [0.29, 0.717) is 5.56 Å². The smallest absolute Gasteiger partial charge is 0.408 e. The van der Waals surface area contributed by atoms with Crippen LogP contribution < -0.4 is 5.32 Å². The number of aliphatic carboxylic acids is 2. The second kappa shape index (κ2) is 9.08. The summed E-state index contributed by atoms with van der Waals surface area (Å²) < 4.78 is 4.84. The summed E-state index contributed by atoms with van der Waals surface area (Å²) in [7, 11) is 0. The van der Waals surface area contributed by atoms with Crippen molar-refractivity contribution < 1.29 is 34.3 Å². The van der Waals surface area contributed by atoms with Gasteiger partial charge in [0.25, 0.3) is 5.69 Å². The monoisotopic (exact) mass is 340 g/mol. The summed E-state index contributed by atoms with van der Waals surface area (Å²) in [6, 6.07) is 4.07. The first kappa shape index (κ1) is 18.9. The van der Waals surface area contributed by atoms with Crippen LogP contribution in [0, 0.1) is 10.1 Å². The molecule has 1 aromatic carbocycles. The van der Waals surface area contributed by atoms with E-state index >= 15 is 0 Å². The zero-order valence-electron chi connectivity index (χ0n) is 12.5. The second-order valence-corrected chi connectivity index (χ2v) is 4.82. The molecular weight excluding hydrogens is 324 g/mol. The largest absolute Gasteiger partial charge is 0.481 e. The van der Waals surface area contributed by atoms with Gasteiger partial charge >= 0.3 is 18.0 Å². The van der Waals surface area contributed by atoms with E-state index in [2.05, 4.69) is 5.32 Å². The zero-order valence-corrected chi connectivity index (χ0v) is 12.5. The van der Waals surface area contributed by atoms with E-state index < -0.39 is 29.0 Å². The molecule has 1 rings (SSSR count). The Morgan fingerprint density at radius 1 is 1.21 bits per heavy atom. The molecule has 0 aliphatic heterocycles. The van der Waals surface area contributed by atoms with Crippen LogP contribution >= 0.6 is 0 Å². The zero-order chi connectivity index (χ0) is 18.1. The molecule has 1 aromatic rings. The Labute approximate surface area is 136 Å². The summed E-state index contributed by atoms with van der Waals surface area (Å²) in [6.07, 6.45) is -1.14. The van der Waals surface area contributed by atoms with Crippen LogP contribution in [-0.2, 0) is 20.9 Å². The van der Waals surface area contributed by atoms with E-state index in [1.807, 2.05) is 0 Å². The number of nitrogens with zero attached hydrogens (tertiary/aromatic N) is 1. The summed E-state index contributed by atoms with van der Waals surface area (Å²) in [5.74, 6) is -2.35. The van der Waals surface area contributed by atoms with Crippen LogP contribution in [0.5, 0.6) is 0 Å². The molecule has 0 aromatic heterocycles. The maximum atomic E-state index is 11.6. The molecular formula is C14H16N2O8. The van der Waals surface area contributed by atoms with Crippen molar-refractivity contribution in [1.82, 2.24) is 5.32 Å². The molecule has 3 N–H and O–H groups in total. The Hall–Kier alpha value is -3.17. The number of carboxylic acids is 2. The number of ether oxygens (including phenoxy) is 1. The van der Waals surface area contributed by atoms with Gasteiger partial charge in [0.05, 0.1) is 4.92 Å². The van der Waals surface area contributed by atoms with Crippen LogP contribution in [0.4, 0.5) is 10.5 Å². The summed E-state index contributed by atoms with van der Waals surface area (Å²) in [6.45, 7) is -0.189. The van der Waals surface area contributed by atoms with Crippen molar-refractivity contribution >= 4 is 23.7 Å². The third-order valence-electron chi connectivity index (χ3n) is 2.99. The van der Waals surface area contributed by atoms with Crippen LogP contribution in [0.1, 0.15) is 24.8 Å². The minimum absolute atomic E-state index is 0.0474. The Kier molecular flexibility index (Phi) is 7.14. The minimum atomic E-state index is -1.30. The highest BCUT2D eigenvalue weighted by atomic mass is 16.6. The van der Waals surface area contributed by atoms with E-state index in [9.17, 15) is 24.5 Å². The molecule has 0 radical (unpaired) electrons. The van der Waals surface area contributed by atoms with Gasteiger partial charge in [0, 0.05) is 18.6 Å². The van der Waals surface area contributed by atoms with Gasteiger partial charge in [-0.3, -0.25) is 14.9 Å². The van der Waals surface area contributed by atoms with E-state index in [-0.39, 0.29) is 31.6 Å². The molecule has 10 nitrogen and oxygen atoms in total. The molecule has 0 heterocycles. The highest BCUT2D eigenvalue weighted by Gasteiger charge is 2.20. The fourth-order valence-electron chi connectivity index (χ4n) is 1.76. The Morgan fingerprint density at radius 3 is 2.33 bits per heavy atom. The number of carbonyl (C=O) groups is 3. The van der Waals surface area contributed by atoms with Crippen LogP contribution in [-0.4, -0.2) is 39.2 Å². The summed E-state index contributed by atoms with van der Waals surface area (Å²) in [5.41, 5.74) is 0.390. The highest BCUT2D eigenvalue weighted by molar-refractivity contribution is 5.79. The van der Waals surface area contributed by atoms with Crippen molar-refractivity contribution in [2.45, 2.75) is 31.9 Å². The van der Waals surface area contributed by atoms with Crippen LogP contribution in [0.3, 0.4) is 0 Å². The van der Waals surface area contributed by atoms with Gasteiger partial charge in [-0.15, -0.1) is 0 Å². The standard InChI is InChI=1S/C14H16N2O8/c17-12(18)3-1-2-11(13(19)20)15-14(21)24-8-9-4-6-10(7-5-9)16(22)23/h4-7,11H,1-3,8H2,(H,15,21)(H,17,18)(H,19,20). The van der Waals surface area contributed by atoms with E-state index in [4.69, 9.17) is 14.9 Å². The molecule has 1 amide bonds. The fourth-order valence-corrected chi connectivity index (χ4v) is 1.76. The van der Waals surface area contributed by atoms with Crippen molar-refractivity contribution in [2.24, 2.45) is 0 Å². The first-order valence-electron chi connectivity index (χ1n) is 6.91. The average Bonchev–Trinajstić information content (AvgIpc) is 2.51. The van der Waals surface area contributed by atoms with Crippen molar-refractivity contribution in [2.75, 3.05) is 0 Å². The van der Waals surface area contributed by atoms with Gasteiger partial charge in [-0.05, 0) is 30.5 Å². The molecule has 24 heavy (non-hydrogen) atoms. The molecule has 0 saturated carbocycles. The summed E-state index contributed by atoms with van der Waals surface area (Å²) in [4.78, 5) is 42.9. The number of carboxylic acid groups (broad SMARTS) is 2. The number of nitrogens with one attached hydrogen (secondary N) is 1. The predicted molar refractivity (Wildman–Crippen MR) is 79.3 cm³/mol. The molecule has 130 valence electrons. The number of rotatable bonds is 9. The fraction of sp³-hybridized carbons (Fsp3) is 0.357. The number of benzene rings is 1. The first-order chi connectivity index (χ1) is 11.3. The molecule has 1 unspecified atom stereocenters. The Bertz CT molecular complexity index is 614. The lowest BCUT2D eigenvalue weighted by molar-refractivity contribution is -0.384. The number of alkyl carbamates (subject to hydrolysis) is 1. The maximum Gasteiger partial charge on any atom is 0.408 e. The lowest BCUT2D eigenvalue weighted by Crippen LogP contribution is -2.41. The predicted octanol–water partition coefficient (Wildman–Crippen LogP) is 1.53. The molecule has 0 spiro atoms. The molecule has 0 saturated heterocycles. The molecule has 0 aliphatic rings. The van der Waals surface area contributed by atoms with Gasteiger partial charge < -0.3 is 20.3 Å². The third-order valence-corrected chi connectivity index (χ3v) is 2.99. The Balaban J connectivity index is 2.46. The SMILES string of the molecule is O=C(O)CCCC(NC(=O)OCc1ccc([N+](=O)[O-])cc1)C(=O)O. The lowest BCUT2D eigenvalue weighted by Gasteiger charge is -2.14. The molecule has 0 bridgehead atoms. The molecule has 0 aliphatic carbocycles. The second-order valence-electron chi connectivity index (χ2n) is 4.82. The number of carbonyl (C=O) groups excluding carboxylic acids is 1. The quantitative estimate of drug-likeness (QED) is 0.451. The van der Waals surface area contributed by atoms with E-state index in [1.54, 1.807) is 0 Å². The van der Waals surface area contributed by atoms with Crippen molar-refractivity contribution in [3.05, 3.63) is 39.9 Å². The van der Waals surface area contributed by atoms with Crippen molar-refractivity contribution in [3.63, 3.8) is 0 Å². The van der Waals surface area contributed by atoms with Crippen molar-refractivity contribution in [3.8, 4) is 0 Å². The summed E-state index contributed by atoms with van der Waals surface area (Å²) in [5, 5.41) is 30.1. The third kappa shape index (κ3) is 6.73. The van der Waals surface area contributed by atoms with Gasteiger partial charge in [0.1, 0.15) is 12.6 Å². The minimum Gasteiger partial charge on any atom is -0.481 e. The van der Waals surface area contributed by atoms with Crippen LogP contribution in [0.2, 0.25) is 0 Å². The van der Waals surface area contributed by atoms with Gasteiger partial charge in [-0.2, -0.15) is 0 Å². The van der Waals surface area contributed by atoms with E-state index in [0.717, 1.165) is 0 Å². The average molecular weight is 340 g/mol. The highest BCUT2D eigenvalue weighted by Crippen LogP contribution is 2.12. The number of hydrogen-bond acceptors (Lipinski definition) is 6. The number of nitro groups is 1. The number of nitro benzene ring substituents is 1. The molecule has 10 heteroatoms. The lowest BCUT2D eigenvalue weighted by atomic mass is 10.1. The number of amides is 1. The van der Waals surface area contributed by atoms with Crippen molar-refractivity contribution in [1.29, 1.82) is 0 Å². The van der Waals surface area contributed by atoms with Gasteiger partial charge in [0.15, 0.2) is 0 Å². The van der Waals surface area contributed by atoms with E-state index in [1.165, 1.54) is 24.3 Å². The topological polar surface area (TPSA) is 156 Å². The Morgan fingerprint density at radius 2 is 1.83 bits per heavy atom.